The van der Waals surface area contributed by atoms with Crippen molar-refractivity contribution in [3.05, 3.63) is 48.5 Å². The van der Waals surface area contributed by atoms with Crippen LogP contribution in [0.25, 0.3) is 0 Å². The lowest BCUT2D eigenvalue weighted by atomic mass is 10.3. The largest absolute Gasteiger partial charge is 0.497 e. The number of nitrogens with one attached hydrogen (secondary N) is 2. The second-order valence-corrected chi connectivity index (χ2v) is 8.85. The SMILES string of the molecule is COc1ccc(S(=O)(=O)NC(C)C(=O)OCC(=O)Nc2ccc(SC(F)F)cc2)cc1. The van der Waals surface area contributed by atoms with Crippen LogP contribution in [-0.2, 0) is 24.3 Å². The zero-order valence-corrected chi connectivity index (χ0v) is 18.1. The van der Waals surface area contributed by atoms with E-state index in [4.69, 9.17) is 9.47 Å². The van der Waals surface area contributed by atoms with Gasteiger partial charge in [0.1, 0.15) is 11.8 Å². The van der Waals surface area contributed by atoms with Gasteiger partial charge in [0.15, 0.2) is 6.61 Å². The Balaban J connectivity index is 1.84. The highest BCUT2D eigenvalue weighted by molar-refractivity contribution is 7.99. The quantitative estimate of drug-likeness (QED) is 0.402. The monoisotopic (exact) mass is 474 g/mol. The number of carbonyl (C=O) groups is 2. The van der Waals surface area contributed by atoms with E-state index in [2.05, 4.69) is 10.0 Å². The van der Waals surface area contributed by atoms with Crippen molar-refractivity contribution < 1.29 is 36.3 Å². The van der Waals surface area contributed by atoms with Gasteiger partial charge in [-0.25, -0.2) is 8.42 Å². The Bertz CT molecular complexity index is 999. The number of halogens is 2. The average Bonchev–Trinajstić information content (AvgIpc) is 2.72. The number of benzene rings is 2. The Hall–Kier alpha value is -2.70. The van der Waals surface area contributed by atoms with Crippen LogP contribution in [0.1, 0.15) is 6.92 Å². The van der Waals surface area contributed by atoms with Crippen LogP contribution in [0.2, 0.25) is 0 Å². The van der Waals surface area contributed by atoms with Crippen molar-refractivity contribution >= 4 is 39.3 Å². The standard InChI is InChI=1S/C19H20F2N2O6S2/c1-12(23-31(26,27)16-9-5-14(28-2)6-10-16)18(25)29-11-17(24)22-13-3-7-15(8-4-13)30-19(20)21/h3-10,12,19,23H,11H2,1-2H3,(H,22,24). The second-order valence-electron chi connectivity index (χ2n) is 6.08. The van der Waals surface area contributed by atoms with Gasteiger partial charge in [0, 0.05) is 10.6 Å². The molecule has 2 N–H and O–H groups in total. The Morgan fingerprint density at radius 3 is 2.23 bits per heavy atom. The van der Waals surface area contributed by atoms with Gasteiger partial charge in [-0.2, -0.15) is 13.5 Å². The molecule has 12 heteroatoms. The van der Waals surface area contributed by atoms with Crippen molar-refractivity contribution in [2.45, 2.75) is 28.5 Å². The van der Waals surface area contributed by atoms with Gasteiger partial charge in [-0.3, -0.25) is 9.59 Å². The summed E-state index contributed by atoms with van der Waals surface area (Å²) in [6, 6.07) is 9.98. The fourth-order valence-corrected chi connectivity index (χ4v) is 3.97. The highest BCUT2D eigenvalue weighted by Crippen LogP contribution is 2.26. The van der Waals surface area contributed by atoms with E-state index in [-0.39, 0.29) is 4.90 Å². The molecule has 2 aromatic rings. The molecule has 0 aliphatic heterocycles. The summed E-state index contributed by atoms with van der Waals surface area (Å²) in [5, 5.41) is 2.44. The summed E-state index contributed by atoms with van der Waals surface area (Å²) in [5.74, 6) is -3.70. The number of anilines is 1. The Morgan fingerprint density at radius 2 is 1.68 bits per heavy atom. The van der Waals surface area contributed by atoms with E-state index >= 15 is 0 Å². The van der Waals surface area contributed by atoms with Crippen LogP contribution in [0.3, 0.4) is 0 Å². The van der Waals surface area contributed by atoms with Crippen molar-refractivity contribution in [2.24, 2.45) is 0 Å². The van der Waals surface area contributed by atoms with Crippen LogP contribution in [-0.4, -0.2) is 45.8 Å². The van der Waals surface area contributed by atoms with Crippen LogP contribution in [0.5, 0.6) is 5.75 Å². The van der Waals surface area contributed by atoms with Crippen molar-refractivity contribution in [1.82, 2.24) is 4.72 Å². The van der Waals surface area contributed by atoms with Crippen LogP contribution < -0.4 is 14.8 Å². The summed E-state index contributed by atoms with van der Waals surface area (Å²) >= 11 is 0.370. The molecule has 2 aromatic carbocycles. The average molecular weight is 475 g/mol. The first-order valence-electron chi connectivity index (χ1n) is 8.78. The predicted octanol–water partition coefficient (Wildman–Crippen LogP) is 2.86. The number of carbonyl (C=O) groups excluding carboxylic acids is 2. The Labute approximate surface area is 182 Å². The normalized spacial score (nSPS) is 12.3. The lowest BCUT2D eigenvalue weighted by molar-refractivity contribution is -0.148. The lowest BCUT2D eigenvalue weighted by Gasteiger charge is -2.14. The number of rotatable bonds is 10. The summed E-state index contributed by atoms with van der Waals surface area (Å²) in [6.45, 7) is 0.627. The van der Waals surface area contributed by atoms with Crippen molar-refractivity contribution in [1.29, 1.82) is 0 Å². The van der Waals surface area contributed by atoms with Crippen LogP contribution >= 0.6 is 11.8 Å². The molecule has 31 heavy (non-hydrogen) atoms. The lowest BCUT2D eigenvalue weighted by Crippen LogP contribution is -2.40. The number of sulfonamides is 1. The van der Waals surface area contributed by atoms with Crippen molar-refractivity contribution in [3.8, 4) is 5.75 Å². The maximum atomic E-state index is 12.3. The van der Waals surface area contributed by atoms with E-state index in [0.29, 0.717) is 28.1 Å². The van der Waals surface area contributed by atoms with Crippen LogP contribution in [0.15, 0.2) is 58.3 Å². The number of hydrogen-bond acceptors (Lipinski definition) is 7. The van der Waals surface area contributed by atoms with Gasteiger partial charge in [0.05, 0.1) is 12.0 Å². The molecule has 0 fully saturated rings. The van der Waals surface area contributed by atoms with Gasteiger partial charge in [0.2, 0.25) is 10.0 Å². The molecule has 0 radical (unpaired) electrons. The van der Waals surface area contributed by atoms with Crippen molar-refractivity contribution in [3.63, 3.8) is 0 Å². The highest BCUT2D eigenvalue weighted by atomic mass is 32.2. The molecule has 0 heterocycles. The predicted molar refractivity (Wildman–Crippen MR) is 111 cm³/mol. The van der Waals surface area contributed by atoms with E-state index < -0.39 is 40.3 Å². The van der Waals surface area contributed by atoms with Crippen LogP contribution in [0, 0.1) is 0 Å². The number of methoxy groups -OCH3 is 1. The zero-order valence-electron chi connectivity index (χ0n) is 16.5. The third-order valence-electron chi connectivity index (χ3n) is 3.76. The molecule has 0 saturated carbocycles. The molecule has 0 aliphatic carbocycles. The number of amides is 1. The van der Waals surface area contributed by atoms with E-state index in [1.165, 1.54) is 62.6 Å². The molecule has 1 atom stereocenters. The molecule has 1 amide bonds. The molecule has 0 bridgehead atoms. The van der Waals surface area contributed by atoms with Gasteiger partial charge in [-0.05, 0) is 55.5 Å². The number of ether oxygens (including phenoxy) is 2. The summed E-state index contributed by atoms with van der Waals surface area (Å²) in [7, 11) is -2.55. The summed E-state index contributed by atoms with van der Waals surface area (Å²) in [5.41, 5.74) is 0.327. The first-order chi connectivity index (χ1) is 14.6. The maximum absolute atomic E-state index is 12.3. The number of alkyl halides is 2. The van der Waals surface area contributed by atoms with E-state index in [9.17, 15) is 26.8 Å². The highest BCUT2D eigenvalue weighted by Gasteiger charge is 2.23. The minimum atomic E-state index is -3.99. The Morgan fingerprint density at radius 1 is 1.06 bits per heavy atom. The Kier molecular flexibility index (Phi) is 8.77. The van der Waals surface area contributed by atoms with E-state index in [0.717, 1.165) is 0 Å². The molecule has 1 unspecified atom stereocenters. The number of esters is 1. The van der Waals surface area contributed by atoms with Gasteiger partial charge in [-0.1, -0.05) is 11.8 Å². The van der Waals surface area contributed by atoms with Crippen LogP contribution in [0.4, 0.5) is 14.5 Å². The first kappa shape index (κ1) is 24.6. The first-order valence-corrected chi connectivity index (χ1v) is 11.1. The molecule has 0 aromatic heterocycles. The number of hydrogen-bond donors (Lipinski definition) is 2. The molecular formula is C19H20F2N2O6S2. The third-order valence-corrected chi connectivity index (χ3v) is 6.04. The molecule has 168 valence electrons. The smallest absolute Gasteiger partial charge is 0.324 e. The molecular weight excluding hydrogens is 454 g/mol. The van der Waals surface area contributed by atoms with E-state index in [1.807, 2.05) is 0 Å². The molecule has 8 nitrogen and oxygen atoms in total. The zero-order chi connectivity index (χ0) is 23.0. The fourth-order valence-electron chi connectivity index (χ4n) is 2.28. The summed E-state index contributed by atoms with van der Waals surface area (Å²) in [6.07, 6.45) is 0. The third kappa shape index (κ3) is 7.81. The minimum Gasteiger partial charge on any atom is -0.497 e. The number of thioether (sulfide) groups is 1. The van der Waals surface area contributed by atoms with E-state index in [1.54, 1.807) is 0 Å². The van der Waals surface area contributed by atoms with Gasteiger partial charge in [-0.15, -0.1) is 0 Å². The van der Waals surface area contributed by atoms with Gasteiger partial charge >= 0.3 is 5.97 Å². The minimum absolute atomic E-state index is 0.0702. The van der Waals surface area contributed by atoms with Gasteiger partial charge < -0.3 is 14.8 Å². The molecule has 0 spiro atoms. The van der Waals surface area contributed by atoms with Crippen molar-refractivity contribution in [2.75, 3.05) is 19.0 Å². The molecule has 2 rings (SSSR count). The molecule has 0 aliphatic rings. The fraction of sp³-hybridized carbons (Fsp3) is 0.263. The summed E-state index contributed by atoms with van der Waals surface area (Å²) < 4.78 is 61.2. The second kappa shape index (κ2) is 11.1. The maximum Gasteiger partial charge on any atom is 0.324 e. The summed E-state index contributed by atoms with van der Waals surface area (Å²) in [4.78, 5) is 24.2. The topological polar surface area (TPSA) is 111 Å². The molecule has 0 saturated heterocycles. The van der Waals surface area contributed by atoms with Gasteiger partial charge in [0.25, 0.3) is 11.7 Å².